The highest BCUT2D eigenvalue weighted by Crippen LogP contribution is 2.31. The molecule has 0 aliphatic heterocycles. The molecule has 1 aliphatic carbocycles. The van der Waals surface area contributed by atoms with Crippen molar-refractivity contribution in [1.29, 1.82) is 0 Å². The lowest BCUT2D eigenvalue weighted by molar-refractivity contribution is 0.390. The molecule has 17 heavy (non-hydrogen) atoms. The maximum Gasteiger partial charge on any atom is 0.215 e. The van der Waals surface area contributed by atoms with Gasteiger partial charge < -0.3 is 4.52 Å². The Labute approximate surface area is 102 Å². The molecule has 1 aromatic rings. The zero-order valence-corrected chi connectivity index (χ0v) is 11.2. The van der Waals surface area contributed by atoms with Crippen LogP contribution >= 0.6 is 0 Å². The molecule has 0 radical (unpaired) electrons. The number of aryl methyl sites for hydroxylation is 2. The first-order valence-corrected chi connectivity index (χ1v) is 7.44. The maximum absolute atomic E-state index is 11.9. The van der Waals surface area contributed by atoms with E-state index in [4.69, 9.17) is 4.52 Å². The Kier molecular flexibility index (Phi) is 3.27. The molecule has 1 unspecified atom stereocenters. The zero-order chi connectivity index (χ0) is 12.6. The molecular weight excluding hydrogens is 240 g/mol. The van der Waals surface area contributed by atoms with Gasteiger partial charge in [-0.25, -0.2) is 13.1 Å². The first kappa shape index (κ1) is 12.6. The fourth-order valence-electron chi connectivity index (χ4n) is 2.01. The van der Waals surface area contributed by atoms with Gasteiger partial charge >= 0.3 is 0 Å². The van der Waals surface area contributed by atoms with Crippen LogP contribution in [0.3, 0.4) is 0 Å². The summed E-state index contributed by atoms with van der Waals surface area (Å²) in [6.45, 7) is 5.59. The van der Waals surface area contributed by atoms with Gasteiger partial charge in [-0.2, -0.15) is 0 Å². The molecule has 0 bridgehead atoms. The first-order valence-electron chi connectivity index (χ1n) is 5.89. The van der Waals surface area contributed by atoms with Crippen molar-refractivity contribution in [3.05, 3.63) is 17.0 Å². The van der Waals surface area contributed by atoms with Crippen LogP contribution in [-0.4, -0.2) is 18.8 Å². The van der Waals surface area contributed by atoms with E-state index in [0.29, 0.717) is 12.2 Å². The number of rotatable bonds is 5. The molecule has 0 aromatic carbocycles. The standard InChI is InChI=1S/C11H18N2O3S/c1-4-10(11-7(2)12-16-8(11)3)13-17(14,15)9-5-6-9/h9-10,13H,4-6H2,1-3H3. The van der Waals surface area contributed by atoms with Crippen molar-refractivity contribution in [2.45, 2.75) is 51.3 Å². The van der Waals surface area contributed by atoms with Crippen LogP contribution < -0.4 is 4.72 Å². The van der Waals surface area contributed by atoms with Gasteiger partial charge in [0.05, 0.1) is 17.0 Å². The molecule has 1 saturated carbocycles. The molecular formula is C11H18N2O3S. The zero-order valence-electron chi connectivity index (χ0n) is 10.4. The molecule has 0 spiro atoms. The summed E-state index contributed by atoms with van der Waals surface area (Å²) in [5, 5.41) is 3.67. The van der Waals surface area contributed by atoms with E-state index in [2.05, 4.69) is 9.88 Å². The van der Waals surface area contributed by atoms with Crippen LogP contribution in [0.1, 0.15) is 49.2 Å². The van der Waals surface area contributed by atoms with E-state index in [1.165, 1.54) is 0 Å². The molecule has 1 heterocycles. The largest absolute Gasteiger partial charge is 0.361 e. The van der Waals surface area contributed by atoms with Gasteiger partial charge in [-0.1, -0.05) is 12.1 Å². The summed E-state index contributed by atoms with van der Waals surface area (Å²) in [6, 6.07) is -0.230. The van der Waals surface area contributed by atoms with Crippen molar-refractivity contribution >= 4 is 10.0 Å². The van der Waals surface area contributed by atoms with Crippen LogP contribution in [0.4, 0.5) is 0 Å². The molecule has 1 aliphatic rings. The van der Waals surface area contributed by atoms with Crippen LogP contribution in [0.2, 0.25) is 0 Å². The Morgan fingerprint density at radius 3 is 2.53 bits per heavy atom. The van der Waals surface area contributed by atoms with Crippen molar-refractivity contribution in [2.24, 2.45) is 0 Å². The average Bonchev–Trinajstić information content (AvgIpc) is 3.05. The van der Waals surface area contributed by atoms with Gasteiger partial charge in [0.15, 0.2) is 0 Å². The van der Waals surface area contributed by atoms with Crippen LogP contribution in [0, 0.1) is 13.8 Å². The normalized spacial score (nSPS) is 18.3. The number of nitrogens with one attached hydrogen (secondary N) is 1. The van der Waals surface area contributed by atoms with Crippen molar-refractivity contribution in [3.8, 4) is 0 Å². The summed E-state index contributed by atoms with van der Waals surface area (Å²) >= 11 is 0. The highest BCUT2D eigenvalue weighted by Gasteiger charge is 2.37. The van der Waals surface area contributed by atoms with E-state index in [0.717, 1.165) is 24.1 Å². The molecule has 96 valence electrons. The van der Waals surface area contributed by atoms with Crippen LogP contribution in [0.5, 0.6) is 0 Å². The third-order valence-electron chi connectivity index (χ3n) is 3.12. The van der Waals surface area contributed by atoms with Gasteiger partial charge in [-0.3, -0.25) is 0 Å². The van der Waals surface area contributed by atoms with E-state index in [9.17, 15) is 8.42 Å². The van der Waals surface area contributed by atoms with E-state index in [1.54, 1.807) is 0 Å². The summed E-state index contributed by atoms with van der Waals surface area (Å²) in [5.41, 5.74) is 1.63. The minimum absolute atomic E-state index is 0.197. The van der Waals surface area contributed by atoms with Gasteiger partial charge in [0, 0.05) is 5.56 Å². The molecule has 6 heteroatoms. The Hall–Kier alpha value is -0.880. The van der Waals surface area contributed by atoms with Crippen LogP contribution in [0.25, 0.3) is 0 Å². The average molecular weight is 258 g/mol. The van der Waals surface area contributed by atoms with Crippen LogP contribution in [0.15, 0.2) is 4.52 Å². The van der Waals surface area contributed by atoms with E-state index < -0.39 is 10.0 Å². The number of hydrogen-bond donors (Lipinski definition) is 1. The van der Waals surface area contributed by atoms with Gasteiger partial charge in [0.2, 0.25) is 10.0 Å². The number of aromatic nitrogens is 1. The van der Waals surface area contributed by atoms with Crippen molar-refractivity contribution in [3.63, 3.8) is 0 Å². The Balaban J connectivity index is 2.22. The summed E-state index contributed by atoms with van der Waals surface area (Å²) in [5.74, 6) is 0.688. The highest BCUT2D eigenvalue weighted by atomic mass is 32.2. The van der Waals surface area contributed by atoms with Crippen molar-refractivity contribution in [2.75, 3.05) is 0 Å². The first-order chi connectivity index (χ1) is 7.95. The summed E-state index contributed by atoms with van der Waals surface area (Å²) < 4.78 is 31.7. The second-order valence-electron chi connectivity index (χ2n) is 4.56. The minimum atomic E-state index is -3.18. The Morgan fingerprint density at radius 2 is 2.12 bits per heavy atom. The lowest BCUT2D eigenvalue weighted by atomic mass is 10.0. The minimum Gasteiger partial charge on any atom is -0.361 e. The van der Waals surface area contributed by atoms with E-state index in [1.807, 2.05) is 20.8 Å². The van der Waals surface area contributed by atoms with Gasteiger partial charge in [0.25, 0.3) is 0 Å². The second-order valence-corrected chi connectivity index (χ2v) is 6.55. The second kappa shape index (κ2) is 4.42. The lowest BCUT2D eigenvalue weighted by Gasteiger charge is -2.16. The predicted molar refractivity (Wildman–Crippen MR) is 64.1 cm³/mol. The highest BCUT2D eigenvalue weighted by molar-refractivity contribution is 7.90. The lowest BCUT2D eigenvalue weighted by Crippen LogP contribution is -2.31. The summed E-state index contributed by atoms with van der Waals surface area (Å²) in [6.07, 6.45) is 2.23. The monoisotopic (exact) mass is 258 g/mol. The molecule has 0 saturated heterocycles. The SMILES string of the molecule is CCC(NS(=O)(=O)C1CC1)c1c(C)noc1C. The molecule has 2 rings (SSSR count). The van der Waals surface area contributed by atoms with Crippen molar-refractivity contribution < 1.29 is 12.9 Å². The maximum atomic E-state index is 11.9. The molecule has 0 amide bonds. The third-order valence-corrected chi connectivity index (χ3v) is 5.08. The predicted octanol–water partition coefficient (Wildman–Crippen LogP) is 1.82. The smallest absolute Gasteiger partial charge is 0.215 e. The number of nitrogens with zero attached hydrogens (tertiary/aromatic N) is 1. The van der Waals surface area contributed by atoms with Gasteiger partial charge in [-0.15, -0.1) is 0 Å². The van der Waals surface area contributed by atoms with Gasteiger partial charge in [0.1, 0.15) is 5.76 Å². The van der Waals surface area contributed by atoms with E-state index >= 15 is 0 Å². The third kappa shape index (κ3) is 2.52. The van der Waals surface area contributed by atoms with E-state index in [-0.39, 0.29) is 11.3 Å². The molecule has 1 aromatic heterocycles. The molecule has 1 atom stereocenters. The quantitative estimate of drug-likeness (QED) is 0.874. The summed E-state index contributed by atoms with van der Waals surface area (Å²) in [7, 11) is -3.18. The Bertz CT molecular complexity index is 483. The van der Waals surface area contributed by atoms with Gasteiger partial charge in [-0.05, 0) is 33.1 Å². The molecule has 1 fully saturated rings. The number of sulfonamides is 1. The molecule has 1 N–H and O–H groups in total. The van der Waals surface area contributed by atoms with Crippen LogP contribution in [-0.2, 0) is 10.0 Å². The topological polar surface area (TPSA) is 72.2 Å². The fraction of sp³-hybridized carbons (Fsp3) is 0.727. The fourth-order valence-corrected chi connectivity index (χ4v) is 3.64. The number of hydrogen-bond acceptors (Lipinski definition) is 4. The van der Waals surface area contributed by atoms with Crippen molar-refractivity contribution in [1.82, 2.24) is 9.88 Å². The Morgan fingerprint density at radius 1 is 1.47 bits per heavy atom. The molecule has 5 nitrogen and oxygen atoms in total. The summed E-state index contributed by atoms with van der Waals surface area (Å²) in [4.78, 5) is 0.